The molecule has 1 fully saturated rings. The Balaban J connectivity index is 1.86. The van der Waals surface area contributed by atoms with Gasteiger partial charge < -0.3 is 9.47 Å². The second kappa shape index (κ2) is 5.53. The molecule has 1 aromatic carbocycles. The zero-order chi connectivity index (χ0) is 13.0. The molecule has 1 aliphatic heterocycles. The van der Waals surface area contributed by atoms with Crippen LogP contribution in [0.15, 0.2) is 30.3 Å². The van der Waals surface area contributed by atoms with Gasteiger partial charge in [0.1, 0.15) is 6.61 Å². The van der Waals surface area contributed by atoms with E-state index in [1.165, 1.54) is 4.90 Å². The third-order valence-corrected chi connectivity index (χ3v) is 2.80. The third-order valence-electron chi connectivity index (χ3n) is 2.80. The SMILES string of the molecule is C[C@H]1CC(=O)OCN1C(=O)OCc1ccccc1. The van der Waals surface area contributed by atoms with E-state index in [1.54, 1.807) is 6.92 Å². The molecule has 18 heavy (non-hydrogen) atoms. The normalized spacial score (nSPS) is 19.3. The first-order valence-corrected chi connectivity index (χ1v) is 5.80. The molecule has 1 atom stereocenters. The van der Waals surface area contributed by atoms with Crippen molar-refractivity contribution in [3.8, 4) is 0 Å². The van der Waals surface area contributed by atoms with Crippen LogP contribution in [0.2, 0.25) is 0 Å². The molecule has 0 radical (unpaired) electrons. The number of amides is 1. The van der Waals surface area contributed by atoms with E-state index in [0.717, 1.165) is 5.56 Å². The second-order valence-electron chi connectivity index (χ2n) is 4.21. The maximum absolute atomic E-state index is 11.8. The summed E-state index contributed by atoms with van der Waals surface area (Å²) in [5.74, 6) is -0.283. The van der Waals surface area contributed by atoms with E-state index in [-0.39, 0.29) is 31.8 Å². The number of carbonyl (C=O) groups excluding carboxylic acids is 2. The minimum absolute atomic E-state index is 0.0341. The highest BCUT2D eigenvalue weighted by atomic mass is 16.6. The highest BCUT2D eigenvalue weighted by Crippen LogP contribution is 2.14. The van der Waals surface area contributed by atoms with Crippen molar-refractivity contribution >= 4 is 12.1 Å². The largest absolute Gasteiger partial charge is 0.444 e. The molecule has 1 amide bonds. The molecule has 0 N–H and O–H groups in total. The number of cyclic esters (lactones) is 1. The van der Waals surface area contributed by atoms with Gasteiger partial charge in [0.25, 0.3) is 0 Å². The Morgan fingerprint density at radius 3 is 2.83 bits per heavy atom. The summed E-state index contributed by atoms with van der Waals surface area (Å²) in [6.07, 6.45) is -0.251. The molecule has 0 saturated carbocycles. The van der Waals surface area contributed by atoms with E-state index in [9.17, 15) is 9.59 Å². The van der Waals surface area contributed by atoms with Gasteiger partial charge in [0.15, 0.2) is 6.73 Å². The van der Waals surface area contributed by atoms with Gasteiger partial charge in [-0.1, -0.05) is 30.3 Å². The minimum Gasteiger partial charge on any atom is -0.444 e. The summed E-state index contributed by atoms with van der Waals surface area (Å²) in [4.78, 5) is 24.2. The van der Waals surface area contributed by atoms with Crippen LogP contribution in [0, 0.1) is 0 Å². The van der Waals surface area contributed by atoms with Gasteiger partial charge >= 0.3 is 12.1 Å². The molecule has 5 nitrogen and oxygen atoms in total. The lowest BCUT2D eigenvalue weighted by molar-refractivity contribution is -0.156. The van der Waals surface area contributed by atoms with Crippen LogP contribution in [-0.2, 0) is 20.9 Å². The van der Waals surface area contributed by atoms with Crippen LogP contribution in [0.25, 0.3) is 0 Å². The Morgan fingerprint density at radius 1 is 1.44 bits per heavy atom. The topological polar surface area (TPSA) is 55.8 Å². The van der Waals surface area contributed by atoms with E-state index in [1.807, 2.05) is 30.3 Å². The van der Waals surface area contributed by atoms with E-state index in [2.05, 4.69) is 0 Å². The highest BCUT2D eigenvalue weighted by Gasteiger charge is 2.29. The number of esters is 1. The molecule has 2 rings (SSSR count). The third kappa shape index (κ3) is 3.00. The van der Waals surface area contributed by atoms with Gasteiger partial charge in [0.2, 0.25) is 0 Å². The van der Waals surface area contributed by atoms with Gasteiger partial charge in [-0.15, -0.1) is 0 Å². The molecule has 96 valence electrons. The fourth-order valence-corrected chi connectivity index (χ4v) is 1.71. The van der Waals surface area contributed by atoms with Crippen molar-refractivity contribution in [3.63, 3.8) is 0 Å². The van der Waals surface area contributed by atoms with Gasteiger partial charge in [0, 0.05) is 6.04 Å². The van der Waals surface area contributed by atoms with Crippen LogP contribution in [0.1, 0.15) is 18.9 Å². The molecular weight excluding hydrogens is 234 g/mol. The number of nitrogens with zero attached hydrogens (tertiary/aromatic N) is 1. The van der Waals surface area contributed by atoms with Crippen molar-refractivity contribution in [2.24, 2.45) is 0 Å². The molecule has 1 aliphatic rings. The monoisotopic (exact) mass is 249 g/mol. The molecule has 0 aliphatic carbocycles. The van der Waals surface area contributed by atoms with Gasteiger partial charge in [0.05, 0.1) is 6.42 Å². The van der Waals surface area contributed by atoms with Crippen molar-refractivity contribution in [1.29, 1.82) is 0 Å². The molecule has 0 bridgehead atoms. The second-order valence-corrected chi connectivity index (χ2v) is 4.21. The molecule has 0 spiro atoms. The quantitative estimate of drug-likeness (QED) is 0.751. The number of benzene rings is 1. The summed E-state index contributed by atoms with van der Waals surface area (Å²) >= 11 is 0. The lowest BCUT2D eigenvalue weighted by atomic mass is 10.2. The number of carbonyl (C=O) groups is 2. The average Bonchev–Trinajstić information content (AvgIpc) is 2.37. The molecular formula is C13H15NO4. The smallest absolute Gasteiger partial charge is 0.413 e. The fraction of sp³-hybridized carbons (Fsp3) is 0.385. The van der Waals surface area contributed by atoms with E-state index < -0.39 is 6.09 Å². The average molecular weight is 249 g/mol. The summed E-state index contributed by atoms with van der Waals surface area (Å²) in [5, 5.41) is 0. The molecule has 1 aromatic rings. The summed E-state index contributed by atoms with van der Waals surface area (Å²) in [5.41, 5.74) is 0.924. The van der Waals surface area contributed by atoms with Gasteiger partial charge in [-0.05, 0) is 12.5 Å². The van der Waals surface area contributed by atoms with Crippen LogP contribution in [0.3, 0.4) is 0 Å². The van der Waals surface area contributed by atoms with Crippen molar-refractivity contribution in [2.45, 2.75) is 26.0 Å². The van der Waals surface area contributed by atoms with Crippen molar-refractivity contribution in [2.75, 3.05) is 6.73 Å². The maximum atomic E-state index is 11.8. The molecule has 1 saturated heterocycles. The number of ether oxygens (including phenoxy) is 2. The van der Waals surface area contributed by atoms with Crippen LogP contribution in [0.4, 0.5) is 4.79 Å². The van der Waals surface area contributed by atoms with Crippen molar-refractivity contribution in [1.82, 2.24) is 4.90 Å². The van der Waals surface area contributed by atoms with Crippen molar-refractivity contribution in [3.05, 3.63) is 35.9 Å². The Morgan fingerprint density at radius 2 is 2.17 bits per heavy atom. The van der Waals surface area contributed by atoms with Gasteiger partial charge in [-0.25, -0.2) is 4.79 Å². The molecule has 1 heterocycles. The van der Waals surface area contributed by atoms with Gasteiger partial charge in [-0.2, -0.15) is 0 Å². The Bertz CT molecular complexity index is 432. The summed E-state index contributed by atoms with van der Waals surface area (Å²) in [7, 11) is 0. The Hall–Kier alpha value is -2.04. The molecule has 0 unspecified atom stereocenters. The fourth-order valence-electron chi connectivity index (χ4n) is 1.71. The van der Waals surface area contributed by atoms with Crippen molar-refractivity contribution < 1.29 is 19.1 Å². The first-order chi connectivity index (χ1) is 8.66. The highest BCUT2D eigenvalue weighted by molar-refractivity contribution is 5.74. The zero-order valence-electron chi connectivity index (χ0n) is 10.2. The standard InChI is InChI=1S/C13H15NO4/c1-10-7-12(15)18-9-14(10)13(16)17-8-11-5-3-2-4-6-11/h2-6,10H,7-9H2,1H3/t10-/m0/s1. The van der Waals surface area contributed by atoms with E-state index in [4.69, 9.17) is 9.47 Å². The molecule has 5 heteroatoms. The van der Waals surface area contributed by atoms with E-state index >= 15 is 0 Å². The lowest BCUT2D eigenvalue weighted by Crippen LogP contribution is -2.46. The number of hydrogen-bond acceptors (Lipinski definition) is 4. The predicted octanol–water partition coefficient (Wildman–Crippen LogP) is 1.92. The predicted molar refractivity (Wildman–Crippen MR) is 63.5 cm³/mol. The van der Waals surface area contributed by atoms with Crippen LogP contribution in [0.5, 0.6) is 0 Å². The Labute approximate surface area is 105 Å². The lowest BCUT2D eigenvalue weighted by Gasteiger charge is -2.31. The van der Waals surface area contributed by atoms with Crippen LogP contribution >= 0.6 is 0 Å². The number of rotatable bonds is 2. The van der Waals surface area contributed by atoms with Gasteiger partial charge in [-0.3, -0.25) is 9.69 Å². The maximum Gasteiger partial charge on any atom is 0.413 e. The van der Waals surface area contributed by atoms with E-state index in [0.29, 0.717) is 0 Å². The number of hydrogen-bond donors (Lipinski definition) is 0. The molecule has 0 aromatic heterocycles. The summed E-state index contributed by atoms with van der Waals surface area (Å²) < 4.78 is 9.99. The zero-order valence-corrected chi connectivity index (χ0v) is 10.2. The van der Waals surface area contributed by atoms with Crippen LogP contribution < -0.4 is 0 Å². The summed E-state index contributed by atoms with van der Waals surface area (Å²) in [6.45, 7) is 1.98. The summed E-state index contributed by atoms with van der Waals surface area (Å²) in [6, 6.07) is 9.25. The van der Waals surface area contributed by atoms with Crippen LogP contribution in [-0.4, -0.2) is 29.7 Å². The Kier molecular flexibility index (Phi) is 3.82. The minimum atomic E-state index is -0.459. The first-order valence-electron chi connectivity index (χ1n) is 5.80. The first kappa shape index (κ1) is 12.4.